The fraction of sp³-hybridized carbons (Fsp3) is 0.103. The fourth-order valence-corrected chi connectivity index (χ4v) is 4.71. The minimum atomic E-state index is -0.295. The van der Waals surface area contributed by atoms with Crippen molar-refractivity contribution < 1.29 is 13.9 Å². The average molecular weight is 526 g/mol. The molecule has 0 saturated heterocycles. The molecular weight excluding hydrogens is 501 g/mol. The van der Waals surface area contributed by atoms with Gasteiger partial charge in [0.15, 0.2) is 5.16 Å². The number of aromatic nitrogens is 3. The second kappa shape index (κ2) is 11.7. The van der Waals surface area contributed by atoms with Gasteiger partial charge in [0.25, 0.3) is 5.91 Å². The molecule has 0 aliphatic carbocycles. The first-order valence-corrected chi connectivity index (χ1v) is 12.9. The van der Waals surface area contributed by atoms with Gasteiger partial charge in [-0.1, -0.05) is 72.4 Å². The van der Waals surface area contributed by atoms with Gasteiger partial charge >= 0.3 is 0 Å². The smallest absolute Gasteiger partial charge is 0.250 e. The number of nitrogens with zero attached hydrogens (tertiary/aromatic N) is 4. The first-order valence-electron chi connectivity index (χ1n) is 11.9. The Balaban J connectivity index is 1.27. The van der Waals surface area contributed by atoms with Crippen LogP contribution in [0.25, 0.3) is 16.5 Å². The molecule has 0 fully saturated rings. The highest BCUT2D eigenvalue weighted by Crippen LogP contribution is 2.27. The summed E-state index contributed by atoms with van der Waals surface area (Å²) in [5.74, 6) is 0.886. The maximum Gasteiger partial charge on any atom is 0.250 e. The summed E-state index contributed by atoms with van der Waals surface area (Å²) in [6.45, 7) is 2.14. The van der Waals surface area contributed by atoms with Crippen molar-refractivity contribution in [1.29, 1.82) is 0 Å². The third-order valence-corrected chi connectivity index (χ3v) is 6.69. The lowest BCUT2D eigenvalue weighted by Gasteiger charge is -2.12. The number of amides is 1. The highest BCUT2D eigenvalue weighted by Gasteiger charge is 2.13. The third kappa shape index (κ3) is 5.90. The Kier molecular flexibility index (Phi) is 7.75. The summed E-state index contributed by atoms with van der Waals surface area (Å²) in [7, 11) is 0. The molecule has 9 heteroatoms. The molecule has 190 valence electrons. The molecule has 5 rings (SSSR count). The lowest BCUT2D eigenvalue weighted by Crippen LogP contribution is -2.20. The highest BCUT2D eigenvalue weighted by molar-refractivity contribution is 7.99. The normalized spacial score (nSPS) is 11.2. The molecule has 0 unspecified atom stereocenters. The van der Waals surface area contributed by atoms with Crippen LogP contribution in [0.15, 0.2) is 101 Å². The number of fused-ring (bicyclic) bond motifs is 1. The Hall–Kier alpha value is -4.50. The monoisotopic (exact) mass is 525 g/mol. The van der Waals surface area contributed by atoms with E-state index in [4.69, 9.17) is 4.74 Å². The van der Waals surface area contributed by atoms with Crippen LogP contribution in [0, 0.1) is 12.7 Å². The number of benzene rings is 4. The molecule has 4 aromatic carbocycles. The van der Waals surface area contributed by atoms with Crippen molar-refractivity contribution in [2.45, 2.75) is 18.7 Å². The first kappa shape index (κ1) is 25.2. The SMILES string of the molecule is Cc1nnc(SCC(=O)NN=Cc2c(OCc3ccc(F)cc3)ccc3ccccc23)n1-c1ccccc1. The zero-order chi connectivity index (χ0) is 26.3. The molecule has 0 spiro atoms. The van der Waals surface area contributed by atoms with E-state index >= 15 is 0 Å². The van der Waals surface area contributed by atoms with Crippen LogP contribution in [0.1, 0.15) is 17.0 Å². The zero-order valence-corrected chi connectivity index (χ0v) is 21.4. The number of hydrogen-bond acceptors (Lipinski definition) is 6. The van der Waals surface area contributed by atoms with E-state index in [9.17, 15) is 9.18 Å². The quantitative estimate of drug-likeness (QED) is 0.152. The van der Waals surface area contributed by atoms with Crippen molar-refractivity contribution in [2.24, 2.45) is 5.10 Å². The Bertz CT molecular complexity index is 1590. The van der Waals surface area contributed by atoms with E-state index in [2.05, 4.69) is 20.7 Å². The third-order valence-electron chi connectivity index (χ3n) is 5.76. The molecule has 0 saturated carbocycles. The lowest BCUT2D eigenvalue weighted by molar-refractivity contribution is -0.118. The number of hydrogen-bond donors (Lipinski definition) is 1. The Morgan fingerprint density at radius 1 is 1.00 bits per heavy atom. The van der Waals surface area contributed by atoms with Gasteiger partial charge in [0, 0.05) is 11.3 Å². The number of halogens is 1. The van der Waals surface area contributed by atoms with E-state index in [0.29, 0.717) is 10.9 Å². The van der Waals surface area contributed by atoms with Crippen molar-refractivity contribution in [3.63, 3.8) is 0 Å². The van der Waals surface area contributed by atoms with Crippen LogP contribution in [0.2, 0.25) is 0 Å². The molecule has 1 heterocycles. The molecule has 5 aromatic rings. The zero-order valence-electron chi connectivity index (χ0n) is 20.5. The van der Waals surface area contributed by atoms with E-state index in [1.807, 2.05) is 78.2 Å². The van der Waals surface area contributed by atoms with Crippen LogP contribution in [0.5, 0.6) is 5.75 Å². The van der Waals surface area contributed by atoms with E-state index in [1.165, 1.54) is 23.9 Å². The molecule has 1 amide bonds. The summed E-state index contributed by atoms with van der Waals surface area (Å²) in [6.07, 6.45) is 1.58. The predicted octanol–water partition coefficient (Wildman–Crippen LogP) is 5.69. The minimum absolute atomic E-state index is 0.117. The van der Waals surface area contributed by atoms with Crippen LogP contribution in [0.4, 0.5) is 4.39 Å². The van der Waals surface area contributed by atoms with E-state index in [0.717, 1.165) is 33.4 Å². The summed E-state index contributed by atoms with van der Waals surface area (Å²) in [4.78, 5) is 12.6. The van der Waals surface area contributed by atoms with Gasteiger partial charge < -0.3 is 4.74 Å². The number of thioether (sulfide) groups is 1. The van der Waals surface area contributed by atoms with Gasteiger partial charge in [0.05, 0.1) is 12.0 Å². The maximum atomic E-state index is 13.2. The van der Waals surface area contributed by atoms with Crippen molar-refractivity contribution in [3.8, 4) is 11.4 Å². The second-order valence-corrected chi connectivity index (χ2v) is 9.34. The molecule has 0 bridgehead atoms. The summed E-state index contributed by atoms with van der Waals surface area (Å²) in [5, 5.41) is 15.1. The highest BCUT2D eigenvalue weighted by atomic mass is 32.2. The number of para-hydroxylation sites is 1. The van der Waals surface area contributed by atoms with Gasteiger partial charge in [0.2, 0.25) is 0 Å². The molecule has 0 aliphatic heterocycles. The average Bonchev–Trinajstić information content (AvgIpc) is 3.32. The van der Waals surface area contributed by atoms with Crippen molar-refractivity contribution in [2.75, 3.05) is 5.75 Å². The lowest BCUT2D eigenvalue weighted by atomic mass is 10.0. The Morgan fingerprint density at radius 3 is 2.58 bits per heavy atom. The van der Waals surface area contributed by atoms with Gasteiger partial charge in [0.1, 0.15) is 24.0 Å². The predicted molar refractivity (Wildman–Crippen MR) is 147 cm³/mol. The molecule has 0 radical (unpaired) electrons. The molecule has 1 N–H and O–H groups in total. The topological polar surface area (TPSA) is 81.4 Å². The fourth-order valence-electron chi connectivity index (χ4n) is 3.92. The van der Waals surface area contributed by atoms with E-state index < -0.39 is 0 Å². The van der Waals surface area contributed by atoms with Gasteiger partial charge in [-0.3, -0.25) is 9.36 Å². The summed E-state index contributed by atoms with van der Waals surface area (Å²) >= 11 is 1.28. The molecule has 1 aromatic heterocycles. The van der Waals surface area contributed by atoms with Gasteiger partial charge in [-0.15, -0.1) is 10.2 Å². The van der Waals surface area contributed by atoms with Crippen molar-refractivity contribution >= 4 is 34.7 Å². The number of rotatable bonds is 9. The van der Waals surface area contributed by atoms with E-state index in [1.54, 1.807) is 18.3 Å². The van der Waals surface area contributed by atoms with Crippen molar-refractivity contribution in [1.82, 2.24) is 20.2 Å². The standard InChI is InChI=1S/C29H24FN5O2S/c1-20-32-34-29(35(20)24-8-3-2-4-9-24)38-19-28(36)33-31-17-26-25-10-6-5-7-22(25)13-16-27(26)37-18-21-11-14-23(30)15-12-21/h2-17H,18-19H2,1H3,(H,33,36). The number of nitrogens with one attached hydrogen (secondary N) is 1. The summed E-state index contributed by atoms with van der Waals surface area (Å²) in [5.41, 5.74) is 5.10. The van der Waals surface area contributed by atoms with Gasteiger partial charge in [-0.2, -0.15) is 5.10 Å². The number of carbonyl (C=O) groups is 1. The molecule has 0 aliphatic rings. The summed E-state index contributed by atoms with van der Waals surface area (Å²) in [6, 6.07) is 27.6. The maximum absolute atomic E-state index is 13.2. The number of aryl methyl sites for hydroxylation is 1. The van der Waals surface area contributed by atoms with Gasteiger partial charge in [-0.05, 0) is 53.6 Å². The largest absolute Gasteiger partial charge is 0.488 e. The first-order chi connectivity index (χ1) is 18.6. The van der Waals surface area contributed by atoms with Crippen LogP contribution < -0.4 is 10.2 Å². The second-order valence-electron chi connectivity index (χ2n) is 8.40. The van der Waals surface area contributed by atoms with Crippen molar-refractivity contribution in [3.05, 3.63) is 114 Å². The van der Waals surface area contributed by atoms with E-state index in [-0.39, 0.29) is 24.1 Å². The minimum Gasteiger partial charge on any atom is -0.488 e. The Morgan fingerprint density at radius 2 is 1.76 bits per heavy atom. The van der Waals surface area contributed by atoms with Crippen LogP contribution in [-0.4, -0.2) is 32.6 Å². The van der Waals surface area contributed by atoms with Crippen LogP contribution in [-0.2, 0) is 11.4 Å². The molecule has 38 heavy (non-hydrogen) atoms. The molecular formula is C29H24FN5O2S. The Labute approximate surface area is 223 Å². The molecule has 0 atom stereocenters. The van der Waals surface area contributed by atoms with Gasteiger partial charge in [-0.25, -0.2) is 9.82 Å². The van der Waals surface area contributed by atoms with Crippen LogP contribution >= 0.6 is 11.8 Å². The van der Waals surface area contributed by atoms with Crippen LogP contribution in [0.3, 0.4) is 0 Å². The number of ether oxygens (including phenoxy) is 1. The summed E-state index contributed by atoms with van der Waals surface area (Å²) < 4.78 is 21.2. The number of carbonyl (C=O) groups excluding carboxylic acids is 1. The number of hydrazone groups is 1. The molecule has 7 nitrogen and oxygen atoms in total.